The Balaban J connectivity index is 2.05. The third-order valence-corrected chi connectivity index (χ3v) is 3.54. The smallest absolute Gasteiger partial charge is 0.247 e. The summed E-state index contributed by atoms with van der Waals surface area (Å²) in [6.07, 6.45) is 1.67. The Bertz CT molecular complexity index is 621. The minimum atomic E-state index is -0.138. The molecule has 2 aromatic rings. The molecule has 0 fully saturated rings. The normalized spacial score (nSPS) is 10.5. The van der Waals surface area contributed by atoms with E-state index in [4.69, 9.17) is 0 Å². The third-order valence-electron chi connectivity index (χ3n) is 2.71. The minimum absolute atomic E-state index is 0.138. The van der Waals surface area contributed by atoms with Gasteiger partial charge in [-0.3, -0.25) is 9.48 Å². The van der Waals surface area contributed by atoms with Gasteiger partial charge in [0.05, 0.1) is 5.69 Å². The molecule has 0 aliphatic heterocycles. The van der Waals surface area contributed by atoms with Crippen molar-refractivity contribution in [3.8, 4) is 0 Å². The van der Waals surface area contributed by atoms with Crippen molar-refractivity contribution >= 4 is 27.7 Å². The molecule has 6 heteroatoms. The maximum Gasteiger partial charge on any atom is 0.247 e. The molecule has 19 heavy (non-hydrogen) atoms. The SMILES string of the molecule is Cc1cc(C)n(CC(=O)Nc2cc(C)c(Br)cn2)n1. The van der Waals surface area contributed by atoms with E-state index in [1.807, 2.05) is 32.9 Å². The summed E-state index contributed by atoms with van der Waals surface area (Å²) in [5, 5.41) is 7.01. The zero-order valence-corrected chi connectivity index (χ0v) is 12.7. The van der Waals surface area contributed by atoms with Crippen LogP contribution in [0.5, 0.6) is 0 Å². The van der Waals surface area contributed by atoms with Gasteiger partial charge in [-0.25, -0.2) is 4.98 Å². The van der Waals surface area contributed by atoms with Crippen molar-refractivity contribution < 1.29 is 4.79 Å². The van der Waals surface area contributed by atoms with Crippen LogP contribution in [0, 0.1) is 20.8 Å². The summed E-state index contributed by atoms with van der Waals surface area (Å²) in [6, 6.07) is 3.76. The molecule has 100 valence electrons. The van der Waals surface area contributed by atoms with Gasteiger partial charge >= 0.3 is 0 Å². The van der Waals surface area contributed by atoms with Crippen LogP contribution in [0.1, 0.15) is 17.0 Å². The Labute approximate surface area is 120 Å². The number of nitrogens with zero attached hydrogens (tertiary/aromatic N) is 3. The molecular formula is C13H15BrN4O. The molecule has 2 rings (SSSR count). The summed E-state index contributed by atoms with van der Waals surface area (Å²) >= 11 is 3.37. The van der Waals surface area contributed by atoms with Crippen LogP contribution in [0.25, 0.3) is 0 Å². The van der Waals surface area contributed by atoms with Crippen molar-refractivity contribution in [3.05, 3.63) is 39.8 Å². The van der Waals surface area contributed by atoms with Gasteiger partial charge in [-0.15, -0.1) is 0 Å². The summed E-state index contributed by atoms with van der Waals surface area (Å²) in [5.41, 5.74) is 2.90. The first-order chi connectivity index (χ1) is 8.95. The summed E-state index contributed by atoms with van der Waals surface area (Å²) < 4.78 is 2.60. The predicted octanol–water partition coefficient (Wildman–Crippen LogP) is 2.60. The van der Waals surface area contributed by atoms with E-state index in [-0.39, 0.29) is 12.5 Å². The summed E-state index contributed by atoms with van der Waals surface area (Å²) in [5.74, 6) is 0.410. The van der Waals surface area contributed by atoms with Crippen molar-refractivity contribution in [1.82, 2.24) is 14.8 Å². The minimum Gasteiger partial charge on any atom is -0.309 e. The van der Waals surface area contributed by atoms with Crippen LogP contribution < -0.4 is 5.32 Å². The molecule has 0 radical (unpaired) electrons. The Hall–Kier alpha value is -1.69. The van der Waals surface area contributed by atoms with E-state index in [0.717, 1.165) is 21.4 Å². The molecule has 0 saturated carbocycles. The molecule has 0 aromatic carbocycles. The average Bonchev–Trinajstić information content (AvgIpc) is 2.62. The van der Waals surface area contributed by atoms with E-state index in [1.165, 1.54) is 0 Å². The Morgan fingerprint density at radius 1 is 1.37 bits per heavy atom. The Morgan fingerprint density at radius 2 is 2.11 bits per heavy atom. The van der Waals surface area contributed by atoms with Gasteiger partial charge in [-0.1, -0.05) is 0 Å². The number of pyridine rings is 1. The number of carbonyl (C=O) groups excluding carboxylic acids is 1. The van der Waals surface area contributed by atoms with Gasteiger partial charge in [0.1, 0.15) is 12.4 Å². The number of carbonyl (C=O) groups is 1. The number of hydrogen-bond acceptors (Lipinski definition) is 3. The van der Waals surface area contributed by atoms with Crippen LogP contribution in [0.15, 0.2) is 22.8 Å². The summed E-state index contributed by atoms with van der Waals surface area (Å²) in [6.45, 7) is 5.97. The van der Waals surface area contributed by atoms with Crippen molar-refractivity contribution in [3.63, 3.8) is 0 Å². The molecule has 1 amide bonds. The number of amides is 1. The molecule has 2 heterocycles. The van der Waals surface area contributed by atoms with Gasteiger partial charge in [0, 0.05) is 16.4 Å². The van der Waals surface area contributed by atoms with E-state index in [2.05, 4.69) is 31.3 Å². The monoisotopic (exact) mass is 322 g/mol. The maximum atomic E-state index is 11.9. The molecule has 0 spiro atoms. The van der Waals surface area contributed by atoms with Gasteiger partial charge < -0.3 is 5.32 Å². The number of rotatable bonds is 3. The second kappa shape index (κ2) is 5.52. The zero-order valence-electron chi connectivity index (χ0n) is 11.1. The first-order valence-electron chi connectivity index (χ1n) is 5.89. The van der Waals surface area contributed by atoms with Crippen LogP contribution in [0.4, 0.5) is 5.82 Å². The number of halogens is 1. The first kappa shape index (κ1) is 13.7. The van der Waals surface area contributed by atoms with Crippen molar-refractivity contribution in [2.75, 3.05) is 5.32 Å². The highest BCUT2D eigenvalue weighted by Gasteiger charge is 2.08. The molecular weight excluding hydrogens is 308 g/mol. The molecule has 5 nitrogen and oxygen atoms in total. The Kier molecular flexibility index (Phi) is 3.99. The van der Waals surface area contributed by atoms with Gasteiger partial charge in [0.25, 0.3) is 0 Å². The van der Waals surface area contributed by atoms with Crippen molar-refractivity contribution in [2.45, 2.75) is 27.3 Å². The fraction of sp³-hybridized carbons (Fsp3) is 0.308. The molecule has 0 atom stereocenters. The molecule has 2 aromatic heterocycles. The summed E-state index contributed by atoms with van der Waals surface area (Å²) in [7, 11) is 0. The van der Waals surface area contributed by atoms with Crippen LogP contribution in [-0.2, 0) is 11.3 Å². The van der Waals surface area contributed by atoms with Crippen LogP contribution in [0.2, 0.25) is 0 Å². The number of nitrogens with one attached hydrogen (secondary N) is 1. The number of anilines is 1. The maximum absolute atomic E-state index is 11.9. The lowest BCUT2D eigenvalue weighted by atomic mass is 10.3. The Morgan fingerprint density at radius 3 is 2.68 bits per heavy atom. The lowest BCUT2D eigenvalue weighted by Gasteiger charge is -2.07. The zero-order chi connectivity index (χ0) is 14.0. The molecule has 0 aliphatic rings. The predicted molar refractivity (Wildman–Crippen MR) is 77.0 cm³/mol. The topological polar surface area (TPSA) is 59.8 Å². The molecule has 0 bridgehead atoms. The van der Waals surface area contributed by atoms with Crippen molar-refractivity contribution in [2.24, 2.45) is 0 Å². The van der Waals surface area contributed by atoms with E-state index >= 15 is 0 Å². The standard InChI is InChI=1S/C13H15BrN4O/c1-8-4-12(15-6-11(8)14)16-13(19)7-18-10(3)5-9(2)17-18/h4-6H,7H2,1-3H3,(H,15,16,19). The number of aromatic nitrogens is 3. The summed E-state index contributed by atoms with van der Waals surface area (Å²) in [4.78, 5) is 16.1. The second-order valence-electron chi connectivity index (χ2n) is 4.45. The molecule has 0 aliphatic carbocycles. The molecule has 0 unspecified atom stereocenters. The highest BCUT2D eigenvalue weighted by molar-refractivity contribution is 9.10. The fourth-order valence-electron chi connectivity index (χ4n) is 1.76. The fourth-order valence-corrected chi connectivity index (χ4v) is 1.98. The van der Waals surface area contributed by atoms with E-state index < -0.39 is 0 Å². The van der Waals surface area contributed by atoms with Crippen LogP contribution in [-0.4, -0.2) is 20.7 Å². The highest BCUT2D eigenvalue weighted by atomic mass is 79.9. The van der Waals surface area contributed by atoms with E-state index in [1.54, 1.807) is 10.9 Å². The van der Waals surface area contributed by atoms with Gasteiger partial charge in [-0.05, 0) is 54.4 Å². The van der Waals surface area contributed by atoms with Gasteiger partial charge in [0.2, 0.25) is 5.91 Å². The largest absolute Gasteiger partial charge is 0.309 e. The molecule has 1 N–H and O–H groups in total. The van der Waals surface area contributed by atoms with E-state index in [0.29, 0.717) is 5.82 Å². The lowest BCUT2D eigenvalue weighted by Crippen LogP contribution is -2.20. The van der Waals surface area contributed by atoms with Crippen LogP contribution in [0.3, 0.4) is 0 Å². The van der Waals surface area contributed by atoms with Crippen molar-refractivity contribution in [1.29, 1.82) is 0 Å². The lowest BCUT2D eigenvalue weighted by molar-refractivity contribution is -0.117. The first-order valence-corrected chi connectivity index (χ1v) is 6.68. The highest BCUT2D eigenvalue weighted by Crippen LogP contribution is 2.17. The van der Waals surface area contributed by atoms with E-state index in [9.17, 15) is 4.79 Å². The molecule has 0 saturated heterocycles. The number of aryl methyl sites for hydroxylation is 3. The average molecular weight is 323 g/mol. The van der Waals surface area contributed by atoms with Crippen LogP contribution >= 0.6 is 15.9 Å². The number of hydrogen-bond donors (Lipinski definition) is 1. The quantitative estimate of drug-likeness (QED) is 0.944. The third kappa shape index (κ3) is 3.41. The second-order valence-corrected chi connectivity index (χ2v) is 5.31. The van der Waals surface area contributed by atoms with Gasteiger partial charge in [0.15, 0.2) is 0 Å². The van der Waals surface area contributed by atoms with Gasteiger partial charge in [-0.2, -0.15) is 5.10 Å².